The van der Waals surface area contributed by atoms with Crippen molar-refractivity contribution in [1.29, 1.82) is 0 Å². The lowest BCUT2D eigenvalue weighted by atomic mass is 9.94. The summed E-state index contributed by atoms with van der Waals surface area (Å²) in [7, 11) is 1.35. The highest BCUT2D eigenvalue weighted by molar-refractivity contribution is 5.42. The lowest BCUT2D eigenvalue weighted by Gasteiger charge is -2.20. The van der Waals surface area contributed by atoms with Gasteiger partial charge in [-0.05, 0) is 17.7 Å². The largest absolute Gasteiger partial charge is 0.497 e. The van der Waals surface area contributed by atoms with Crippen molar-refractivity contribution in [3.05, 3.63) is 29.8 Å². The summed E-state index contributed by atoms with van der Waals surface area (Å²) in [6.07, 6.45) is -6.14. The summed E-state index contributed by atoms with van der Waals surface area (Å²) < 4.78 is 69.1. The lowest BCUT2D eigenvalue weighted by molar-refractivity contribution is -0.182. The highest BCUT2D eigenvalue weighted by atomic mass is 19.4. The number of methoxy groups -OCH3 is 1. The van der Waals surface area contributed by atoms with E-state index in [2.05, 4.69) is 0 Å². The first kappa shape index (κ1) is 12.1. The van der Waals surface area contributed by atoms with Crippen LogP contribution in [0.15, 0.2) is 24.3 Å². The van der Waals surface area contributed by atoms with Crippen molar-refractivity contribution in [3.8, 4) is 5.75 Å². The molecule has 0 heterocycles. The van der Waals surface area contributed by atoms with E-state index in [-0.39, 0.29) is 0 Å². The van der Waals surface area contributed by atoms with Gasteiger partial charge in [0.15, 0.2) is 5.41 Å². The van der Waals surface area contributed by atoms with E-state index in [0.717, 1.165) is 12.1 Å². The topological polar surface area (TPSA) is 9.23 Å². The molecule has 1 fully saturated rings. The molecule has 17 heavy (non-hydrogen) atoms. The molecule has 1 unspecified atom stereocenters. The molecule has 94 valence electrons. The van der Waals surface area contributed by atoms with Crippen LogP contribution in [0.4, 0.5) is 22.0 Å². The van der Waals surface area contributed by atoms with Gasteiger partial charge in [-0.25, -0.2) is 8.78 Å². The molecular weight excluding hydrogens is 243 g/mol. The summed E-state index contributed by atoms with van der Waals surface area (Å²) in [4.78, 5) is 0. The van der Waals surface area contributed by atoms with Gasteiger partial charge in [0, 0.05) is 6.42 Å². The molecule has 0 N–H and O–H groups in total. The third-order valence-corrected chi connectivity index (χ3v) is 3.05. The summed E-state index contributed by atoms with van der Waals surface area (Å²) in [5.41, 5.74) is -3.44. The highest BCUT2D eigenvalue weighted by Gasteiger charge is 2.84. The van der Waals surface area contributed by atoms with Crippen LogP contribution in [0.1, 0.15) is 12.0 Å². The zero-order valence-corrected chi connectivity index (χ0v) is 8.81. The minimum Gasteiger partial charge on any atom is -0.497 e. The maximum absolute atomic E-state index is 13.1. The molecule has 0 aromatic heterocycles. The predicted octanol–water partition coefficient (Wildman–Crippen LogP) is 3.53. The van der Waals surface area contributed by atoms with Crippen molar-refractivity contribution < 1.29 is 26.7 Å². The van der Waals surface area contributed by atoms with Gasteiger partial charge in [0.1, 0.15) is 5.75 Å². The second-order valence-corrected chi connectivity index (χ2v) is 4.01. The van der Waals surface area contributed by atoms with Crippen LogP contribution in [-0.2, 0) is 5.41 Å². The van der Waals surface area contributed by atoms with Gasteiger partial charge in [-0.3, -0.25) is 0 Å². The molecule has 0 radical (unpaired) electrons. The molecule has 1 saturated carbocycles. The summed E-state index contributed by atoms with van der Waals surface area (Å²) in [5, 5.41) is 0. The minimum absolute atomic E-state index is 0.329. The molecule has 1 aromatic carbocycles. The van der Waals surface area contributed by atoms with E-state index in [1.165, 1.54) is 19.2 Å². The Hall–Kier alpha value is -1.33. The first-order chi connectivity index (χ1) is 7.74. The first-order valence-corrected chi connectivity index (χ1v) is 4.84. The first-order valence-electron chi connectivity index (χ1n) is 4.84. The summed E-state index contributed by atoms with van der Waals surface area (Å²) in [5.74, 6) is -3.39. The Morgan fingerprint density at radius 3 is 1.88 bits per heavy atom. The average Bonchev–Trinajstić information content (AvgIpc) is 2.83. The van der Waals surface area contributed by atoms with Gasteiger partial charge in [0.25, 0.3) is 5.92 Å². The monoisotopic (exact) mass is 252 g/mol. The summed E-state index contributed by atoms with van der Waals surface area (Å²) >= 11 is 0. The molecule has 0 spiro atoms. The normalized spacial score (nSPS) is 26.7. The predicted molar refractivity (Wildman–Crippen MR) is 50.3 cm³/mol. The fraction of sp³-hybridized carbons (Fsp3) is 0.455. The zero-order valence-electron chi connectivity index (χ0n) is 8.81. The van der Waals surface area contributed by atoms with Gasteiger partial charge in [-0.2, -0.15) is 13.2 Å². The van der Waals surface area contributed by atoms with Gasteiger partial charge in [0.05, 0.1) is 7.11 Å². The number of rotatable bonds is 2. The molecule has 6 heteroatoms. The van der Waals surface area contributed by atoms with Crippen LogP contribution in [0.25, 0.3) is 0 Å². The Kier molecular flexibility index (Phi) is 2.38. The van der Waals surface area contributed by atoms with Crippen molar-refractivity contribution >= 4 is 0 Å². The van der Waals surface area contributed by atoms with Gasteiger partial charge < -0.3 is 4.74 Å². The Labute approximate surface area is 94.2 Å². The van der Waals surface area contributed by atoms with Crippen LogP contribution in [0.3, 0.4) is 0 Å². The minimum atomic E-state index is -4.95. The van der Waals surface area contributed by atoms with Crippen LogP contribution >= 0.6 is 0 Å². The summed E-state index contributed by atoms with van der Waals surface area (Å²) in [6, 6.07) is 4.56. The van der Waals surface area contributed by atoms with Crippen molar-refractivity contribution in [2.75, 3.05) is 7.11 Å². The van der Waals surface area contributed by atoms with E-state index >= 15 is 0 Å². The number of halogens is 5. The number of ether oxygens (including phenoxy) is 1. The fourth-order valence-electron chi connectivity index (χ4n) is 1.95. The van der Waals surface area contributed by atoms with Crippen molar-refractivity contribution in [3.63, 3.8) is 0 Å². The molecule has 1 nitrogen and oxygen atoms in total. The van der Waals surface area contributed by atoms with E-state index < -0.39 is 29.5 Å². The quantitative estimate of drug-likeness (QED) is 0.731. The maximum atomic E-state index is 13.1. The molecule has 0 bridgehead atoms. The average molecular weight is 252 g/mol. The van der Waals surface area contributed by atoms with Crippen molar-refractivity contribution in [1.82, 2.24) is 0 Å². The number of hydrogen-bond acceptors (Lipinski definition) is 1. The molecule has 1 aromatic rings. The second-order valence-electron chi connectivity index (χ2n) is 4.01. The smallest absolute Gasteiger partial charge is 0.404 e. The molecular formula is C11H9F5O. The third kappa shape index (κ3) is 1.57. The molecule has 2 rings (SSSR count). The Morgan fingerprint density at radius 1 is 1.12 bits per heavy atom. The Bertz CT molecular complexity index is 422. The standard InChI is InChI=1S/C11H9F5O/c1-17-8-4-2-7(3-5-8)9(11(14,15)16)6-10(9,12)13/h2-5H,6H2,1H3. The van der Waals surface area contributed by atoms with Gasteiger partial charge in [0.2, 0.25) is 0 Å². The van der Waals surface area contributed by atoms with Crippen LogP contribution in [0.2, 0.25) is 0 Å². The van der Waals surface area contributed by atoms with Crippen molar-refractivity contribution in [2.45, 2.75) is 23.9 Å². The van der Waals surface area contributed by atoms with E-state index in [0.29, 0.717) is 5.75 Å². The molecule has 1 aliphatic rings. The lowest BCUT2D eigenvalue weighted by Crippen LogP contribution is -2.34. The maximum Gasteiger partial charge on any atom is 0.404 e. The van der Waals surface area contributed by atoms with Gasteiger partial charge in [-0.1, -0.05) is 12.1 Å². The van der Waals surface area contributed by atoms with E-state index in [4.69, 9.17) is 4.74 Å². The number of hydrogen-bond donors (Lipinski definition) is 0. The van der Waals surface area contributed by atoms with Crippen LogP contribution in [0.5, 0.6) is 5.75 Å². The van der Waals surface area contributed by atoms with Crippen LogP contribution in [-0.4, -0.2) is 19.2 Å². The highest BCUT2D eigenvalue weighted by Crippen LogP contribution is 2.68. The van der Waals surface area contributed by atoms with Crippen LogP contribution < -0.4 is 4.74 Å². The third-order valence-electron chi connectivity index (χ3n) is 3.05. The van der Waals surface area contributed by atoms with Gasteiger partial charge in [-0.15, -0.1) is 0 Å². The molecule has 0 amide bonds. The van der Waals surface area contributed by atoms with Crippen LogP contribution in [0, 0.1) is 0 Å². The Morgan fingerprint density at radius 2 is 1.59 bits per heavy atom. The molecule has 1 aliphatic carbocycles. The second kappa shape index (κ2) is 3.34. The van der Waals surface area contributed by atoms with E-state index in [9.17, 15) is 22.0 Å². The Balaban J connectivity index is 2.43. The SMILES string of the molecule is COc1ccc(C2(C(F)(F)F)CC2(F)F)cc1. The molecule has 1 atom stereocenters. The molecule has 0 saturated heterocycles. The van der Waals surface area contributed by atoms with Gasteiger partial charge >= 0.3 is 6.18 Å². The molecule has 0 aliphatic heterocycles. The number of benzene rings is 1. The zero-order chi connectivity index (χ0) is 12.9. The summed E-state index contributed by atoms with van der Waals surface area (Å²) in [6.45, 7) is 0. The fourth-order valence-corrected chi connectivity index (χ4v) is 1.95. The van der Waals surface area contributed by atoms with Crippen molar-refractivity contribution in [2.24, 2.45) is 0 Å². The number of alkyl halides is 5. The van der Waals surface area contributed by atoms with E-state index in [1.807, 2.05) is 0 Å². The van der Waals surface area contributed by atoms with E-state index in [1.54, 1.807) is 0 Å².